The first-order valence-electron chi connectivity index (χ1n) is 5.29. The number of aromatic nitrogens is 1. The van der Waals surface area contributed by atoms with Crippen LogP contribution in [0, 0.1) is 0 Å². The Morgan fingerprint density at radius 1 is 1.44 bits per heavy atom. The number of nitrogens with zero attached hydrogens (tertiary/aromatic N) is 3. The minimum absolute atomic E-state index is 0.386. The van der Waals surface area contributed by atoms with Crippen molar-refractivity contribution in [3.8, 4) is 0 Å². The van der Waals surface area contributed by atoms with E-state index in [4.69, 9.17) is 5.73 Å². The van der Waals surface area contributed by atoms with Crippen LogP contribution in [0.2, 0.25) is 0 Å². The number of hydrogen-bond donors (Lipinski definition) is 1. The van der Waals surface area contributed by atoms with Crippen LogP contribution in [0.25, 0.3) is 0 Å². The zero-order valence-corrected chi connectivity index (χ0v) is 9.55. The Balaban J connectivity index is 2.29. The van der Waals surface area contributed by atoms with Crippen molar-refractivity contribution in [2.45, 2.75) is 19.5 Å². The molecule has 0 spiro atoms. The van der Waals surface area contributed by atoms with Crippen LogP contribution in [0.15, 0.2) is 24.4 Å². The van der Waals surface area contributed by atoms with Crippen molar-refractivity contribution < 1.29 is 4.79 Å². The fraction of sp³-hybridized carbons (Fsp3) is 0.455. The third-order valence-corrected chi connectivity index (χ3v) is 3.06. The summed E-state index contributed by atoms with van der Waals surface area (Å²) in [6, 6.07) is 5.36. The highest BCUT2D eigenvalue weighted by molar-refractivity contribution is 5.74. The van der Waals surface area contributed by atoms with Crippen molar-refractivity contribution in [1.29, 1.82) is 0 Å². The summed E-state index contributed by atoms with van der Waals surface area (Å²) in [5.41, 5.74) is 4.94. The Bertz CT molecular complexity index is 390. The van der Waals surface area contributed by atoms with Gasteiger partial charge in [0.2, 0.25) is 0 Å². The molecule has 0 unspecified atom stereocenters. The Morgan fingerprint density at radius 3 is 2.69 bits per heavy atom. The molecule has 1 aliphatic heterocycles. The first-order chi connectivity index (χ1) is 7.53. The van der Waals surface area contributed by atoms with Gasteiger partial charge in [0.25, 0.3) is 0 Å². The van der Waals surface area contributed by atoms with E-state index in [1.165, 1.54) is 0 Å². The van der Waals surface area contributed by atoms with Crippen LogP contribution < -0.4 is 10.6 Å². The van der Waals surface area contributed by atoms with Crippen LogP contribution in [0.4, 0.5) is 10.6 Å². The average molecular weight is 220 g/mol. The summed E-state index contributed by atoms with van der Waals surface area (Å²) in [5.74, 6) is 0.872. The molecule has 2 N–H and O–H groups in total. The van der Waals surface area contributed by atoms with E-state index in [0.29, 0.717) is 6.54 Å². The van der Waals surface area contributed by atoms with Crippen LogP contribution in [0.1, 0.15) is 13.8 Å². The van der Waals surface area contributed by atoms with Gasteiger partial charge in [-0.2, -0.15) is 0 Å². The molecular formula is C11H16N4O. The van der Waals surface area contributed by atoms with Gasteiger partial charge in [-0.25, -0.2) is 9.78 Å². The quantitative estimate of drug-likeness (QED) is 0.768. The fourth-order valence-corrected chi connectivity index (χ4v) is 2.18. The summed E-state index contributed by atoms with van der Waals surface area (Å²) in [5, 5.41) is 0. The molecule has 1 saturated heterocycles. The highest BCUT2D eigenvalue weighted by Crippen LogP contribution is 2.29. The van der Waals surface area contributed by atoms with Gasteiger partial charge < -0.3 is 15.5 Å². The molecule has 5 nitrogen and oxygen atoms in total. The number of nitrogens with two attached hydrogens (primary N) is 1. The number of carbonyl (C=O) groups is 1. The first-order valence-corrected chi connectivity index (χ1v) is 5.29. The summed E-state index contributed by atoms with van der Waals surface area (Å²) in [7, 11) is 0. The van der Waals surface area contributed by atoms with Gasteiger partial charge in [-0.15, -0.1) is 0 Å². The Labute approximate surface area is 94.9 Å². The molecule has 0 aliphatic carbocycles. The van der Waals surface area contributed by atoms with Gasteiger partial charge in [-0.3, -0.25) is 0 Å². The van der Waals surface area contributed by atoms with E-state index in [-0.39, 0.29) is 6.03 Å². The van der Waals surface area contributed by atoms with E-state index < -0.39 is 5.66 Å². The second kappa shape index (κ2) is 3.66. The van der Waals surface area contributed by atoms with Gasteiger partial charge in [-0.1, -0.05) is 6.07 Å². The second-order valence-corrected chi connectivity index (χ2v) is 4.32. The van der Waals surface area contributed by atoms with Crippen molar-refractivity contribution in [2.75, 3.05) is 18.0 Å². The molecule has 86 valence electrons. The second-order valence-electron chi connectivity index (χ2n) is 4.32. The molecular weight excluding hydrogens is 204 g/mol. The SMILES string of the molecule is CC1(C)N(C(N)=O)CCN1c1ccccn1. The van der Waals surface area contributed by atoms with Gasteiger partial charge in [0, 0.05) is 19.3 Å². The monoisotopic (exact) mass is 220 g/mol. The zero-order valence-electron chi connectivity index (χ0n) is 9.55. The highest BCUT2D eigenvalue weighted by Gasteiger charge is 2.41. The molecule has 0 radical (unpaired) electrons. The average Bonchev–Trinajstić information content (AvgIpc) is 2.55. The lowest BCUT2D eigenvalue weighted by Crippen LogP contribution is -2.53. The van der Waals surface area contributed by atoms with Crippen molar-refractivity contribution in [1.82, 2.24) is 9.88 Å². The summed E-state index contributed by atoms with van der Waals surface area (Å²) in [4.78, 5) is 19.3. The van der Waals surface area contributed by atoms with Crippen LogP contribution in [-0.2, 0) is 0 Å². The van der Waals surface area contributed by atoms with E-state index in [0.717, 1.165) is 12.4 Å². The van der Waals surface area contributed by atoms with E-state index in [1.807, 2.05) is 32.0 Å². The van der Waals surface area contributed by atoms with Crippen molar-refractivity contribution in [2.24, 2.45) is 5.73 Å². The largest absolute Gasteiger partial charge is 0.351 e. The van der Waals surface area contributed by atoms with Crippen LogP contribution in [0.5, 0.6) is 0 Å². The third-order valence-electron chi connectivity index (χ3n) is 3.06. The number of primary amides is 1. The van der Waals surface area contributed by atoms with Crippen LogP contribution in [-0.4, -0.2) is 34.7 Å². The molecule has 2 rings (SSSR count). The van der Waals surface area contributed by atoms with Gasteiger partial charge in [0.05, 0.1) is 0 Å². The Morgan fingerprint density at radius 2 is 2.19 bits per heavy atom. The number of hydrogen-bond acceptors (Lipinski definition) is 3. The molecule has 2 heterocycles. The summed E-state index contributed by atoms with van der Waals surface area (Å²) >= 11 is 0. The van der Waals surface area contributed by atoms with Gasteiger partial charge in [-0.05, 0) is 26.0 Å². The maximum Gasteiger partial charge on any atom is 0.316 e. The zero-order chi connectivity index (χ0) is 11.8. The standard InChI is InChI=1S/C11H16N4O/c1-11(2)14(7-8-15(11)10(12)16)9-5-3-4-6-13-9/h3-6H,7-8H2,1-2H3,(H2,12,16). The molecule has 1 aromatic rings. The minimum Gasteiger partial charge on any atom is -0.351 e. The maximum atomic E-state index is 11.3. The number of urea groups is 1. The Kier molecular flexibility index (Phi) is 2.46. The normalized spacial score (nSPS) is 18.9. The van der Waals surface area contributed by atoms with Gasteiger partial charge in [0.15, 0.2) is 0 Å². The van der Waals surface area contributed by atoms with Crippen LogP contribution >= 0.6 is 0 Å². The molecule has 1 aromatic heterocycles. The fourth-order valence-electron chi connectivity index (χ4n) is 2.18. The molecule has 0 aromatic carbocycles. The molecule has 0 atom stereocenters. The topological polar surface area (TPSA) is 62.5 Å². The minimum atomic E-state index is -0.416. The van der Waals surface area contributed by atoms with E-state index in [1.54, 1.807) is 11.1 Å². The van der Waals surface area contributed by atoms with Gasteiger partial charge in [0.1, 0.15) is 11.5 Å². The lowest BCUT2D eigenvalue weighted by Gasteiger charge is -2.37. The van der Waals surface area contributed by atoms with Crippen molar-refractivity contribution in [3.63, 3.8) is 0 Å². The molecule has 0 saturated carbocycles. The van der Waals surface area contributed by atoms with Crippen molar-refractivity contribution in [3.05, 3.63) is 24.4 Å². The molecule has 16 heavy (non-hydrogen) atoms. The number of anilines is 1. The third kappa shape index (κ3) is 1.58. The molecule has 2 amide bonds. The molecule has 1 aliphatic rings. The molecule has 0 bridgehead atoms. The predicted octanol–water partition coefficient (Wildman–Crippen LogP) is 1.02. The predicted molar refractivity (Wildman–Crippen MR) is 62.0 cm³/mol. The Hall–Kier alpha value is -1.78. The summed E-state index contributed by atoms with van der Waals surface area (Å²) < 4.78 is 0. The first kappa shape index (κ1) is 10.7. The van der Waals surface area contributed by atoms with Crippen LogP contribution in [0.3, 0.4) is 0 Å². The van der Waals surface area contributed by atoms with E-state index >= 15 is 0 Å². The summed E-state index contributed by atoms with van der Waals surface area (Å²) in [6.45, 7) is 5.34. The molecule has 5 heteroatoms. The van der Waals surface area contributed by atoms with Gasteiger partial charge >= 0.3 is 6.03 Å². The lowest BCUT2D eigenvalue weighted by molar-refractivity contribution is 0.174. The number of carbonyl (C=O) groups excluding carboxylic acids is 1. The van der Waals surface area contributed by atoms with Crippen molar-refractivity contribution >= 4 is 11.8 Å². The number of rotatable bonds is 1. The van der Waals surface area contributed by atoms with E-state index in [2.05, 4.69) is 9.88 Å². The molecule has 1 fully saturated rings. The highest BCUT2D eigenvalue weighted by atomic mass is 16.2. The number of pyridine rings is 1. The number of amides is 2. The smallest absolute Gasteiger partial charge is 0.316 e. The van der Waals surface area contributed by atoms with E-state index in [9.17, 15) is 4.79 Å². The summed E-state index contributed by atoms with van der Waals surface area (Å²) in [6.07, 6.45) is 1.75. The maximum absolute atomic E-state index is 11.3. The lowest BCUT2D eigenvalue weighted by atomic mass is 10.2.